The first-order valence-corrected chi connectivity index (χ1v) is 6.24. The van der Waals surface area contributed by atoms with Crippen molar-refractivity contribution in [1.29, 1.82) is 0 Å². The standard InChI is InChI=1S/C12H11ClN2O5/c13-10-2-1-8(15(19)20)5-9(10)11(16)14-4-3-7(6-14)12(17)18/h1-2,5,7H,3-4,6H2,(H,17,18). The van der Waals surface area contributed by atoms with E-state index in [1.807, 2.05) is 0 Å². The predicted molar refractivity (Wildman–Crippen MR) is 69.8 cm³/mol. The number of carbonyl (C=O) groups is 2. The molecule has 1 saturated heterocycles. The number of carboxylic acids is 1. The molecule has 1 heterocycles. The van der Waals surface area contributed by atoms with Crippen molar-refractivity contribution in [2.24, 2.45) is 5.92 Å². The van der Waals surface area contributed by atoms with Crippen molar-refractivity contribution in [3.8, 4) is 0 Å². The number of hydrogen-bond acceptors (Lipinski definition) is 4. The molecule has 1 unspecified atom stereocenters. The Balaban J connectivity index is 2.23. The number of benzene rings is 1. The number of nitro benzene ring substituents is 1. The Kier molecular flexibility index (Phi) is 3.89. The molecule has 7 nitrogen and oxygen atoms in total. The molecule has 0 saturated carbocycles. The molecule has 106 valence electrons. The lowest BCUT2D eigenvalue weighted by Crippen LogP contribution is -2.30. The van der Waals surface area contributed by atoms with Gasteiger partial charge in [0.1, 0.15) is 0 Å². The third kappa shape index (κ3) is 2.72. The van der Waals surface area contributed by atoms with Crippen molar-refractivity contribution in [3.05, 3.63) is 38.9 Å². The minimum absolute atomic E-state index is 0.0203. The van der Waals surface area contributed by atoms with Crippen molar-refractivity contribution in [2.45, 2.75) is 6.42 Å². The second kappa shape index (κ2) is 5.46. The predicted octanol–water partition coefficient (Wildman–Crippen LogP) is 1.79. The number of halogens is 1. The van der Waals surface area contributed by atoms with Crippen LogP contribution in [0.2, 0.25) is 5.02 Å². The topological polar surface area (TPSA) is 101 Å². The number of non-ortho nitro benzene ring substituents is 1. The molecule has 0 aromatic heterocycles. The first-order chi connectivity index (χ1) is 9.40. The van der Waals surface area contributed by atoms with E-state index in [9.17, 15) is 19.7 Å². The molecule has 1 aliphatic heterocycles. The number of nitrogens with zero attached hydrogens (tertiary/aromatic N) is 2. The number of aliphatic carboxylic acids is 1. The first-order valence-electron chi connectivity index (χ1n) is 5.86. The third-order valence-corrected chi connectivity index (χ3v) is 3.55. The molecule has 1 aromatic rings. The van der Waals surface area contributed by atoms with Crippen LogP contribution in [-0.2, 0) is 4.79 Å². The van der Waals surface area contributed by atoms with Crippen LogP contribution in [0.1, 0.15) is 16.8 Å². The number of carbonyl (C=O) groups excluding carboxylic acids is 1. The van der Waals surface area contributed by atoms with Gasteiger partial charge in [0.05, 0.1) is 21.4 Å². The van der Waals surface area contributed by atoms with E-state index in [-0.39, 0.29) is 22.8 Å². The molecule has 2 rings (SSSR count). The van der Waals surface area contributed by atoms with Crippen LogP contribution in [0.4, 0.5) is 5.69 Å². The fraction of sp³-hybridized carbons (Fsp3) is 0.333. The molecule has 8 heteroatoms. The summed E-state index contributed by atoms with van der Waals surface area (Å²) >= 11 is 5.89. The zero-order valence-corrected chi connectivity index (χ0v) is 11.0. The Morgan fingerprint density at radius 3 is 2.70 bits per heavy atom. The SMILES string of the molecule is O=C(O)C1CCN(C(=O)c2cc([N+](=O)[O-])ccc2Cl)C1. The molecule has 0 spiro atoms. The van der Waals surface area contributed by atoms with Gasteiger partial charge in [0.15, 0.2) is 0 Å². The molecule has 1 fully saturated rings. The highest BCUT2D eigenvalue weighted by Gasteiger charge is 2.32. The molecule has 1 atom stereocenters. The molecule has 1 amide bonds. The number of likely N-dealkylation sites (tertiary alicyclic amines) is 1. The largest absolute Gasteiger partial charge is 0.481 e. The highest BCUT2D eigenvalue weighted by molar-refractivity contribution is 6.33. The van der Waals surface area contributed by atoms with Gasteiger partial charge in [0.25, 0.3) is 11.6 Å². The zero-order valence-electron chi connectivity index (χ0n) is 10.3. The molecule has 1 aromatic carbocycles. The number of amides is 1. The molecule has 0 bridgehead atoms. The Hall–Kier alpha value is -2.15. The summed E-state index contributed by atoms with van der Waals surface area (Å²) in [4.78, 5) is 34.5. The molecule has 1 aliphatic rings. The van der Waals surface area contributed by atoms with Gasteiger partial charge in [-0.05, 0) is 12.5 Å². The summed E-state index contributed by atoms with van der Waals surface area (Å²) in [5, 5.41) is 19.7. The van der Waals surface area contributed by atoms with Gasteiger partial charge in [-0.3, -0.25) is 19.7 Å². The number of rotatable bonds is 3. The van der Waals surface area contributed by atoms with Crippen LogP contribution in [-0.4, -0.2) is 39.9 Å². The fourth-order valence-corrected chi connectivity index (χ4v) is 2.31. The monoisotopic (exact) mass is 298 g/mol. The van der Waals surface area contributed by atoms with E-state index in [0.717, 1.165) is 6.07 Å². The number of nitro groups is 1. The van der Waals surface area contributed by atoms with Crippen molar-refractivity contribution in [3.63, 3.8) is 0 Å². The Morgan fingerprint density at radius 2 is 2.15 bits per heavy atom. The summed E-state index contributed by atoms with van der Waals surface area (Å²) < 4.78 is 0. The summed E-state index contributed by atoms with van der Waals surface area (Å²) in [6.07, 6.45) is 0.369. The maximum atomic E-state index is 12.2. The summed E-state index contributed by atoms with van der Waals surface area (Å²) in [5.74, 6) is -2.04. The Labute approximate surface area is 118 Å². The average Bonchev–Trinajstić information content (AvgIpc) is 2.88. The molecule has 1 N–H and O–H groups in total. The van der Waals surface area contributed by atoms with Crippen molar-refractivity contribution in [2.75, 3.05) is 13.1 Å². The minimum atomic E-state index is -0.953. The van der Waals surface area contributed by atoms with Gasteiger partial charge < -0.3 is 10.0 Å². The normalized spacial score (nSPS) is 18.1. The summed E-state index contributed by atoms with van der Waals surface area (Å²) in [7, 11) is 0. The molecule has 0 radical (unpaired) electrons. The van der Waals surface area contributed by atoms with Crippen LogP contribution < -0.4 is 0 Å². The van der Waals surface area contributed by atoms with Gasteiger partial charge in [-0.15, -0.1) is 0 Å². The van der Waals surface area contributed by atoms with Crippen LogP contribution >= 0.6 is 11.6 Å². The summed E-state index contributed by atoms with van der Waals surface area (Å²) in [6.45, 7) is 0.391. The lowest BCUT2D eigenvalue weighted by Gasteiger charge is -2.16. The van der Waals surface area contributed by atoms with Gasteiger partial charge in [0, 0.05) is 25.2 Å². The molecular formula is C12H11ClN2O5. The van der Waals surface area contributed by atoms with E-state index in [1.165, 1.54) is 17.0 Å². The van der Waals surface area contributed by atoms with Gasteiger partial charge in [-0.25, -0.2) is 0 Å². The van der Waals surface area contributed by atoms with E-state index in [0.29, 0.717) is 13.0 Å². The van der Waals surface area contributed by atoms with Gasteiger partial charge in [0.2, 0.25) is 0 Å². The first kappa shape index (κ1) is 14.3. The van der Waals surface area contributed by atoms with E-state index in [2.05, 4.69) is 0 Å². The van der Waals surface area contributed by atoms with Crippen LogP contribution in [0.3, 0.4) is 0 Å². The van der Waals surface area contributed by atoms with Crippen molar-refractivity contribution < 1.29 is 19.6 Å². The Bertz CT molecular complexity index is 589. The van der Waals surface area contributed by atoms with Gasteiger partial charge >= 0.3 is 5.97 Å². The number of carboxylic acid groups (broad SMARTS) is 1. The lowest BCUT2D eigenvalue weighted by atomic mass is 10.1. The van der Waals surface area contributed by atoms with Gasteiger partial charge in [-0.1, -0.05) is 11.6 Å². The smallest absolute Gasteiger partial charge is 0.308 e. The van der Waals surface area contributed by atoms with E-state index in [4.69, 9.17) is 16.7 Å². The minimum Gasteiger partial charge on any atom is -0.481 e. The quantitative estimate of drug-likeness (QED) is 0.677. The van der Waals surface area contributed by atoms with Crippen LogP contribution in [0.5, 0.6) is 0 Å². The highest BCUT2D eigenvalue weighted by Crippen LogP contribution is 2.26. The maximum absolute atomic E-state index is 12.2. The average molecular weight is 299 g/mol. The van der Waals surface area contributed by atoms with Crippen molar-refractivity contribution >= 4 is 29.2 Å². The molecule has 20 heavy (non-hydrogen) atoms. The lowest BCUT2D eigenvalue weighted by molar-refractivity contribution is -0.384. The summed E-state index contributed by atoms with van der Waals surface area (Å²) in [6, 6.07) is 3.61. The second-order valence-electron chi connectivity index (χ2n) is 4.50. The summed E-state index contributed by atoms with van der Waals surface area (Å²) in [5.41, 5.74) is -0.210. The maximum Gasteiger partial charge on any atom is 0.308 e. The third-order valence-electron chi connectivity index (χ3n) is 3.22. The zero-order chi connectivity index (χ0) is 14.9. The highest BCUT2D eigenvalue weighted by atomic mass is 35.5. The van der Waals surface area contributed by atoms with Crippen molar-refractivity contribution in [1.82, 2.24) is 4.90 Å². The van der Waals surface area contributed by atoms with Crippen LogP contribution in [0.25, 0.3) is 0 Å². The van der Waals surface area contributed by atoms with Gasteiger partial charge in [-0.2, -0.15) is 0 Å². The molecule has 0 aliphatic carbocycles. The molecular weight excluding hydrogens is 288 g/mol. The fourth-order valence-electron chi connectivity index (χ4n) is 2.11. The van der Waals surface area contributed by atoms with Crippen LogP contribution in [0, 0.1) is 16.0 Å². The second-order valence-corrected chi connectivity index (χ2v) is 4.90. The van der Waals surface area contributed by atoms with E-state index < -0.39 is 22.7 Å². The van der Waals surface area contributed by atoms with Crippen LogP contribution in [0.15, 0.2) is 18.2 Å². The van der Waals surface area contributed by atoms with E-state index >= 15 is 0 Å². The van der Waals surface area contributed by atoms with E-state index in [1.54, 1.807) is 0 Å². The Morgan fingerprint density at radius 1 is 1.45 bits per heavy atom. The number of hydrogen-bond donors (Lipinski definition) is 1.